The lowest BCUT2D eigenvalue weighted by atomic mass is 10.0. The number of halogens is 2. The summed E-state index contributed by atoms with van der Waals surface area (Å²) in [4.78, 5) is 28.5. The predicted molar refractivity (Wildman–Crippen MR) is 146 cm³/mol. The standard InChI is InChI=1S/C29H32ClFN2O2S/c1-3-21(2)32-29(35)27(17-22-9-5-4-6-10-22)33(18-24-11-7-8-12-26(24)31)28(34)20-36-19-23-13-15-25(30)16-14-23/h4-16,21,27H,3,17-20H2,1-2H3,(H,32,35)/t21-,27-/m1/s1. The van der Waals surface area contributed by atoms with Crippen LogP contribution in [0.15, 0.2) is 78.9 Å². The van der Waals surface area contributed by atoms with Crippen molar-refractivity contribution in [2.45, 2.75) is 51.1 Å². The van der Waals surface area contributed by atoms with Gasteiger partial charge in [-0.05, 0) is 42.7 Å². The van der Waals surface area contributed by atoms with E-state index in [4.69, 9.17) is 11.6 Å². The highest BCUT2D eigenvalue weighted by molar-refractivity contribution is 7.99. The molecule has 0 unspecified atom stereocenters. The van der Waals surface area contributed by atoms with Crippen LogP contribution in [-0.4, -0.2) is 34.6 Å². The van der Waals surface area contributed by atoms with Gasteiger partial charge in [-0.25, -0.2) is 4.39 Å². The first-order chi connectivity index (χ1) is 17.4. The number of amides is 2. The lowest BCUT2D eigenvalue weighted by Crippen LogP contribution is -2.52. The monoisotopic (exact) mass is 526 g/mol. The van der Waals surface area contributed by atoms with E-state index < -0.39 is 11.9 Å². The molecular weight excluding hydrogens is 495 g/mol. The molecular formula is C29H32ClFN2O2S. The second-order valence-corrected chi connectivity index (χ2v) is 10.2. The fraction of sp³-hybridized carbons (Fsp3) is 0.310. The van der Waals surface area contributed by atoms with Gasteiger partial charge >= 0.3 is 0 Å². The zero-order valence-corrected chi connectivity index (χ0v) is 22.2. The Bertz CT molecular complexity index is 1130. The molecule has 0 saturated carbocycles. The van der Waals surface area contributed by atoms with Crippen molar-refractivity contribution in [1.82, 2.24) is 10.2 Å². The fourth-order valence-corrected chi connectivity index (χ4v) is 4.72. The topological polar surface area (TPSA) is 49.4 Å². The van der Waals surface area contributed by atoms with Gasteiger partial charge in [0.25, 0.3) is 0 Å². The Balaban J connectivity index is 1.86. The molecule has 0 fully saturated rings. The zero-order chi connectivity index (χ0) is 25.9. The lowest BCUT2D eigenvalue weighted by molar-refractivity contribution is -0.139. The van der Waals surface area contributed by atoms with Crippen molar-refractivity contribution in [3.05, 3.63) is 106 Å². The summed E-state index contributed by atoms with van der Waals surface area (Å²) in [6.07, 6.45) is 1.10. The molecule has 0 heterocycles. The van der Waals surface area contributed by atoms with Gasteiger partial charge in [0.05, 0.1) is 5.75 Å². The number of hydrogen-bond acceptors (Lipinski definition) is 3. The van der Waals surface area contributed by atoms with Gasteiger partial charge in [0.2, 0.25) is 11.8 Å². The highest BCUT2D eigenvalue weighted by Gasteiger charge is 2.31. The van der Waals surface area contributed by atoms with Crippen molar-refractivity contribution >= 4 is 35.2 Å². The van der Waals surface area contributed by atoms with Crippen molar-refractivity contribution in [2.24, 2.45) is 0 Å². The number of nitrogens with one attached hydrogen (secondary N) is 1. The summed E-state index contributed by atoms with van der Waals surface area (Å²) in [6.45, 7) is 3.94. The van der Waals surface area contributed by atoms with Gasteiger partial charge in [-0.15, -0.1) is 11.8 Å². The van der Waals surface area contributed by atoms with Crippen LogP contribution in [0.2, 0.25) is 5.02 Å². The summed E-state index contributed by atoms with van der Waals surface area (Å²) < 4.78 is 14.6. The Labute approximate surface area is 222 Å². The maximum Gasteiger partial charge on any atom is 0.243 e. The molecule has 3 aromatic carbocycles. The van der Waals surface area contributed by atoms with Crippen LogP contribution in [0.25, 0.3) is 0 Å². The minimum Gasteiger partial charge on any atom is -0.352 e. The van der Waals surface area contributed by atoms with Crippen molar-refractivity contribution in [1.29, 1.82) is 0 Å². The first-order valence-corrected chi connectivity index (χ1v) is 13.6. The summed E-state index contributed by atoms with van der Waals surface area (Å²) in [7, 11) is 0. The van der Waals surface area contributed by atoms with Gasteiger partial charge in [0, 0.05) is 35.3 Å². The molecule has 0 saturated heterocycles. The summed E-state index contributed by atoms with van der Waals surface area (Å²) in [5.74, 6) is -0.0550. The minimum atomic E-state index is -0.773. The molecule has 0 bridgehead atoms. The zero-order valence-electron chi connectivity index (χ0n) is 20.6. The van der Waals surface area contributed by atoms with E-state index in [2.05, 4.69) is 5.32 Å². The van der Waals surface area contributed by atoms with Crippen LogP contribution in [0, 0.1) is 5.82 Å². The van der Waals surface area contributed by atoms with Crippen molar-refractivity contribution in [2.75, 3.05) is 5.75 Å². The summed E-state index contributed by atoms with van der Waals surface area (Å²) in [5.41, 5.74) is 2.36. The van der Waals surface area contributed by atoms with Crippen LogP contribution in [0.5, 0.6) is 0 Å². The van der Waals surface area contributed by atoms with E-state index in [0.29, 0.717) is 22.8 Å². The van der Waals surface area contributed by atoms with E-state index in [-0.39, 0.29) is 30.2 Å². The van der Waals surface area contributed by atoms with E-state index in [1.807, 2.05) is 68.4 Å². The smallest absolute Gasteiger partial charge is 0.243 e. The predicted octanol–water partition coefficient (Wildman–Crippen LogP) is 6.27. The van der Waals surface area contributed by atoms with Gasteiger partial charge in [-0.2, -0.15) is 0 Å². The number of nitrogens with zero attached hydrogens (tertiary/aromatic N) is 1. The van der Waals surface area contributed by atoms with Gasteiger partial charge in [0.15, 0.2) is 0 Å². The highest BCUT2D eigenvalue weighted by atomic mass is 35.5. The normalized spacial score (nSPS) is 12.6. The first kappa shape index (κ1) is 27.8. The number of hydrogen-bond donors (Lipinski definition) is 1. The van der Waals surface area contributed by atoms with Crippen molar-refractivity contribution < 1.29 is 14.0 Å². The SMILES string of the molecule is CC[C@@H](C)NC(=O)[C@@H](Cc1ccccc1)N(Cc1ccccc1F)C(=O)CSCc1ccc(Cl)cc1. The molecule has 0 aliphatic rings. The maximum absolute atomic E-state index is 14.6. The molecule has 190 valence electrons. The van der Waals surface area contributed by atoms with Gasteiger partial charge in [-0.3, -0.25) is 9.59 Å². The summed E-state index contributed by atoms with van der Waals surface area (Å²) in [6, 6.07) is 22.6. The summed E-state index contributed by atoms with van der Waals surface area (Å²) >= 11 is 7.43. The van der Waals surface area contributed by atoms with E-state index in [0.717, 1.165) is 17.5 Å². The Morgan fingerprint density at radius 1 is 0.972 bits per heavy atom. The molecule has 7 heteroatoms. The number of carbonyl (C=O) groups excluding carboxylic acids is 2. The van der Waals surface area contributed by atoms with Crippen LogP contribution in [0.4, 0.5) is 4.39 Å². The van der Waals surface area contributed by atoms with Gasteiger partial charge in [-0.1, -0.05) is 79.2 Å². The van der Waals surface area contributed by atoms with Gasteiger partial charge in [0.1, 0.15) is 11.9 Å². The molecule has 2 atom stereocenters. The molecule has 36 heavy (non-hydrogen) atoms. The molecule has 2 amide bonds. The molecule has 0 radical (unpaired) electrons. The first-order valence-electron chi connectivity index (χ1n) is 12.1. The minimum absolute atomic E-state index is 0.0123. The van der Waals surface area contributed by atoms with Crippen LogP contribution >= 0.6 is 23.4 Å². The Morgan fingerprint density at radius 2 is 1.64 bits per heavy atom. The number of rotatable bonds is 12. The molecule has 4 nitrogen and oxygen atoms in total. The second-order valence-electron chi connectivity index (χ2n) is 8.76. The third-order valence-electron chi connectivity index (χ3n) is 5.98. The van der Waals surface area contributed by atoms with Crippen LogP contribution < -0.4 is 5.32 Å². The molecule has 3 aromatic rings. The number of benzene rings is 3. The second kappa shape index (κ2) is 14.0. The fourth-order valence-electron chi connectivity index (χ4n) is 3.72. The van der Waals surface area contributed by atoms with Crippen molar-refractivity contribution in [3.8, 4) is 0 Å². The van der Waals surface area contributed by atoms with Gasteiger partial charge < -0.3 is 10.2 Å². The maximum atomic E-state index is 14.6. The van der Waals surface area contributed by atoms with E-state index >= 15 is 0 Å². The average molecular weight is 527 g/mol. The van der Waals surface area contributed by atoms with Crippen LogP contribution in [0.1, 0.15) is 37.0 Å². The Morgan fingerprint density at radius 3 is 2.31 bits per heavy atom. The summed E-state index contributed by atoms with van der Waals surface area (Å²) in [5, 5.41) is 3.69. The third-order valence-corrected chi connectivity index (χ3v) is 7.22. The molecule has 0 spiro atoms. The number of thioether (sulfide) groups is 1. The molecule has 0 aliphatic heterocycles. The van der Waals surface area contributed by atoms with E-state index in [1.54, 1.807) is 18.2 Å². The van der Waals surface area contributed by atoms with Crippen molar-refractivity contribution in [3.63, 3.8) is 0 Å². The van der Waals surface area contributed by atoms with Crippen LogP contribution in [-0.2, 0) is 28.3 Å². The molecule has 1 N–H and O–H groups in total. The number of carbonyl (C=O) groups is 2. The molecule has 3 rings (SSSR count). The Hall–Kier alpha value is -2.83. The Kier molecular flexibility index (Phi) is 10.8. The van der Waals surface area contributed by atoms with E-state index in [1.165, 1.54) is 22.7 Å². The lowest BCUT2D eigenvalue weighted by Gasteiger charge is -2.32. The highest BCUT2D eigenvalue weighted by Crippen LogP contribution is 2.20. The quantitative estimate of drug-likeness (QED) is 0.303. The molecule has 0 aliphatic carbocycles. The third kappa shape index (κ3) is 8.38. The molecule has 0 aromatic heterocycles. The van der Waals surface area contributed by atoms with Crippen LogP contribution in [0.3, 0.4) is 0 Å². The average Bonchev–Trinajstić information content (AvgIpc) is 2.88. The largest absolute Gasteiger partial charge is 0.352 e. The van der Waals surface area contributed by atoms with E-state index in [9.17, 15) is 14.0 Å².